The largest absolute Gasteiger partial charge is 0.486 e. The average Bonchev–Trinajstić information content (AvgIpc) is 3.38. The minimum absolute atomic E-state index is 0.0957. The molecule has 0 aliphatic carbocycles. The number of nitrogens with one attached hydrogen (secondary N) is 1. The summed E-state index contributed by atoms with van der Waals surface area (Å²) >= 11 is 0. The van der Waals surface area contributed by atoms with Crippen molar-refractivity contribution in [2.24, 2.45) is 0 Å². The molecule has 0 saturated heterocycles. The minimum Gasteiger partial charge on any atom is -0.486 e. The van der Waals surface area contributed by atoms with E-state index in [-0.39, 0.29) is 23.7 Å². The SMILES string of the molecule is Cc1cc(C)n(Cc2cccc(NC(=O)c3ccc(COc4ccc(C(C)(C)C)cc4)o3)c2)n1. The third kappa shape index (κ3) is 5.76. The van der Waals surface area contributed by atoms with Crippen molar-refractivity contribution >= 4 is 11.6 Å². The van der Waals surface area contributed by atoms with Crippen molar-refractivity contribution in [1.82, 2.24) is 9.78 Å². The third-order valence-corrected chi connectivity index (χ3v) is 5.61. The number of nitrogens with zero attached hydrogens (tertiary/aromatic N) is 2. The minimum atomic E-state index is -0.302. The summed E-state index contributed by atoms with van der Waals surface area (Å²) in [4.78, 5) is 12.7. The second kappa shape index (κ2) is 9.59. The molecule has 6 nitrogen and oxygen atoms in total. The highest BCUT2D eigenvalue weighted by Crippen LogP contribution is 2.25. The zero-order chi connectivity index (χ0) is 24.3. The van der Waals surface area contributed by atoms with Crippen LogP contribution in [0, 0.1) is 13.8 Å². The van der Waals surface area contributed by atoms with Gasteiger partial charge in [0.15, 0.2) is 5.76 Å². The number of carbonyl (C=O) groups is 1. The summed E-state index contributed by atoms with van der Waals surface area (Å²) in [5, 5.41) is 7.41. The summed E-state index contributed by atoms with van der Waals surface area (Å²) in [6, 6.07) is 21.3. The molecule has 0 saturated carbocycles. The van der Waals surface area contributed by atoms with Gasteiger partial charge in [0.05, 0.1) is 12.2 Å². The van der Waals surface area contributed by atoms with E-state index in [2.05, 4.69) is 43.3 Å². The topological polar surface area (TPSA) is 69.3 Å². The maximum absolute atomic E-state index is 12.7. The van der Waals surface area contributed by atoms with Crippen LogP contribution < -0.4 is 10.1 Å². The highest BCUT2D eigenvalue weighted by atomic mass is 16.5. The lowest BCUT2D eigenvalue weighted by atomic mass is 9.87. The molecule has 0 aliphatic heterocycles. The van der Waals surface area contributed by atoms with Crippen LogP contribution in [0.5, 0.6) is 5.75 Å². The molecule has 0 fully saturated rings. The number of aromatic nitrogens is 2. The highest BCUT2D eigenvalue weighted by molar-refractivity contribution is 6.02. The van der Waals surface area contributed by atoms with Gasteiger partial charge >= 0.3 is 0 Å². The fraction of sp³-hybridized carbons (Fsp3) is 0.286. The van der Waals surface area contributed by atoms with Gasteiger partial charge in [-0.15, -0.1) is 0 Å². The Labute approximate surface area is 200 Å². The molecule has 0 atom stereocenters. The molecule has 1 amide bonds. The number of anilines is 1. The fourth-order valence-corrected chi connectivity index (χ4v) is 3.73. The molecule has 0 spiro atoms. The van der Waals surface area contributed by atoms with E-state index in [1.165, 1.54) is 5.56 Å². The molecule has 2 heterocycles. The molecule has 0 unspecified atom stereocenters. The Hall–Kier alpha value is -3.80. The second-order valence-corrected chi connectivity index (χ2v) is 9.57. The van der Waals surface area contributed by atoms with Gasteiger partial charge < -0.3 is 14.5 Å². The normalized spacial score (nSPS) is 11.4. The van der Waals surface area contributed by atoms with Gasteiger partial charge in [0.2, 0.25) is 0 Å². The number of furan rings is 1. The summed E-state index contributed by atoms with van der Waals surface area (Å²) in [7, 11) is 0. The number of carbonyl (C=O) groups excluding carboxylic acids is 1. The summed E-state index contributed by atoms with van der Waals surface area (Å²) in [6.45, 7) is 11.4. The Kier molecular flexibility index (Phi) is 6.59. The van der Waals surface area contributed by atoms with E-state index in [0.717, 1.165) is 22.7 Å². The Morgan fingerprint density at radius 3 is 2.47 bits per heavy atom. The molecule has 2 aromatic carbocycles. The number of amides is 1. The molecule has 0 bridgehead atoms. The zero-order valence-electron chi connectivity index (χ0n) is 20.4. The van der Waals surface area contributed by atoms with E-state index in [1.54, 1.807) is 12.1 Å². The van der Waals surface area contributed by atoms with Gasteiger partial charge in [0.1, 0.15) is 18.1 Å². The molecule has 0 aliphatic rings. The summed E-state index contributed by atoms with van der Waals surface area (Å²) in [6.07, 6.45) is 0. The first-order valence-electron chi connectivity index (χ1n) is 11.4. The zero-order valence-corrected chi connectivity index (χ0v) is 20.4. The van der Waals surface area contributed by atoms with E-state index in [1.807, 2.05) is 61.0 Å². The molecule has 4 aromatic rings. The predicted molar refractivity (Wildman–Crippen MR) is 133 cm³/mol. The van der Waals surface area contributed by atoms with Crippen LogP contribution >= 0.6 is 0 Å². The highest BCUT2D eigenvalue weighted by Gasteiger charge is 2.14. The van der Waals surface area contributed by atoms with Crippen molar-refractivity contribution in [3.63, 3.8) is 0 Å². The number of aryl methyl sites for hydroxylation is 2. The van der Waals surface area contributed by atoms with Crippen LogP contribution in [-0.2, 0) is 18.6 Å². The van der Waals surface area contributed by atoms with E-state index in [9.17, 15) is 4.79 Å². The lowest BCUT2D eigenvalue weighted by molar-refractivity contribution is 0.0992. The molecule has 0 radical (unpaired) electrons. The standard InChI is InChI=1S/C28H31N3O3/c1-19-15-20(2)31(30-19)17-21-7-6-8-23(16-21)29-27(32)26-14-13-25(34-26)18-33-24-11-9-22(10-12-24)28(3,4)5/h6-16H,17-18H2,1-5H3,(H,29,32). The van der Waals surface area contributed by atoms with Crippen molar-refractivity contribution < 1.29 is 13.9 Å². The third-order valence-electron chi connectivity index (χ3n) is 5.61. The van der Waals surface area contributed by atoms with Gasteiger partial charge in [0, 0.05) is 11.4 Å². The first-order chi connectivity index (χ1) is 16.2. The molecule has 4 rings (SSSR count). The van der Waals surface area contributed by atoms with Crippen molar-refractivity contribution in [3.05, 3.63) is 101 Å². The lowest BCUT2D eigenvalue weighted by Gasteiger charge is -2.19. The first-order valence-corrected chi connectivity index (χ1v) is 11.4. The Morgan fingerprint density at radius 2 is 1.79 bits per heavy atom. The lowest BCUT2D eigenvalue weighted by Crippen LogP contribution is -2.11. The molecule has 6 heteroatoms. The molecule has 1 N–H and O–H groups in total. The van der Waals surface area contributed by atoms with Crippen LogP contribution in [0.3, 0.4) is 0 Å². The Bertz CT molecular complexity index is 1280. The van der Waals surface area contributed by atoms with Gasteiger partial charge in [-0.3, -0.25) is 9.48 Å². The molecular formula is C28H31N3O3. The molecule has 176 valence electrons. The van der Waals surface area contributed by atoms with E-state index >= 15 is 0 Å². The second-order valence-electron chi connectivity index (χ2n) is 9.57. The van der Waals surface area contributed by atoms with Crippen LogP contribution in [0.1, 0.15) is 59.6 Å². The Morgan fingerprint density at radius 1 is 1.03 bits per heavy atom. The maximum Gasteiger partial charge on any atom is 0.291 e. The number of ether oxygens (including phenoxy) is 1. The van der Waals surface area contributed by atoms with Crippen molar-refractivity contribution in [1.29, 1.82) is 0 Å². The summed E-state index contributed by atoms with van der Waals surface area (Å²) < 4.78 is 13.5. The van der Waals surface area contributed by atoms with Crippen molar-refractivity contribution in [2.45, 2.75) is 53.2 Å². The van der Waals surface area contributed by atoms with Crippen LogP contribution in [0.2, 0.25) is 0 Å². The van der Waals surface area contributed by atoms with Gasteiger partial charge in [0.25, 0.3) is 5.91 Å². The summed E-state index contributed by atoms with van der Waals surface area (Å²) in [5.74, 6) is 1.29. The molecular weight excluding hydrogens is 426 g/mol. The van der Waals surface area contributed by atoms with E-state index < -0.39 is 0 Å². The van der Waals surface area contributed by atoms with Crippen molar-refractivity contribution in [3.8, 4) is 5.75 Å². The van der Waals surface area contributed by atoms with Crippen LogP contribution in [0.4, 0.5) is 5.69 Å². The Balaban J connectivity index is 1.35. The van der Waals surface area contributed by atoms with Gasteiger partial charge in [-0.2, -0.15) is 5.10 Å². The number of hydrogen-bond acceptors (Lipinski definition) is 4. The quantitative estimate of drug-likeness (QED) is 0.355. The van der Waals surface area contributed by atoms with E-state index in [4.69, 9.17) is 9.15 Å². The molecule has 34 heavy (non-hydrogen) atoms. The van der Waals surface area contributed by atoms with Gasteiger partial charge in [-0.25, -0.2) is 0 Å². The first kappa shape index (κ1) is 23.4. The average molecular weight is 458 g/mol. The van der Waals surface area contributed by atoms with E-state index in [0.29, 0.717) is 18.0 Å². The molecule has 2 aromatic heterocycles. The fourth-order valence-electron chi connectivity index (χ4n) is 3.73. The predicted octanol–water partition coefficient (Wildman–Crippen LogP) is 6.27. The summed E-state index contributed by atoms with van der Waals surface area (Å²) in [5.41, 5.74) is 5.19. The van der Waals surface area contributed by atoms with Gasteiger partial charge in [-0.1, -0.05) is 45.0 Å². The maximum atomic E-state index is 12.7. The van der Waals surface area contributed by atoms with Gasteiger partial charge in [-0.05, 0) is 72.9 Å². The smallest absolute Gasteiger partial charge is 0.291 e. The van der Waals surface area contributed by atoms with Crippen molar-refractivity contribution in [2.75, 3.05) is 5.32 Å². The number of benzene rings is 2. The van der Waals surface area contributed by atoms with Crippen LogP contribution in [-0.4, -0.2) is 15.7 Å². The number of rotatable bonds is 7. The number of hydrogen-bond donors (Lipinski definition) is 1. The van der Waals surface area contributed by atoms with Crippen LogP contribution in [0.15, 0.2) is 71.1 Å². The van der Waals surface area contributed by atoms with Crippen LogP contribution in [0.25, 0.3) is 0 Å². The monoisotopic (exact) mass is 457 g/mol.